The van der Waals surface area contributed by atoms with Gasteiger partial charge in [-0.3, -0.25) is 4.57 Å². The monoisotopic (exact) mass is 231 g/mol. The summed E-state index contributed by atoms with van der Waals surface area (Å²) in [6.07, 6.45) is 5.75. The average Bonchev–Trinajstić information content (AvgIpc) is 2.79. The third kappa shape index (κ3) is 2.68. The fourth-order valence-electron chi connectivity index (χ4n) is 1.71. The van der Waals surface area contributed by atoms with Crippen LogP contribution in [0.5, 0.6) is 0 Å². The van der Waals surface area contributed by atoms with Crippen LogP contribution in [0.4, 0.5) is 0 Å². The van der Waals surface area contributed by atoms with Crippen molar-refractivity contribution in [1.29, 1.82) is 0 Å². The van der Waals surface area contributed by atoms with Gasteiger partial charge in [0, 0.05) is 25.4 Å². The maximum Gasteiger partial charge on any atom is 0.160 e. The van der Waals surface area contributed by atoms with E-state index in [2.05, 4.69) is 27.4 Å². The van der Waals surface area contributed by atoms with Crippen molar-refractivity contribution < 1.29 is 0 Å². The first-order valence-electron chi connectivity index (χ1n) is 5.85. The van der Waals surface area contributed by atoms with Crippen LogP contribution in [0.25, 0.3) is 5.82 Å². The summed E-state index contributed by atoms with van der Waals surface area (Å²) in [4.78, 5) is 4.32. The van der Waals surface area contributed by atoms with Crippen LogP contribution >= 0.6 is 0 Å². The molecule has 0 aliphatic heterocycles. The molecule has 90 valence electrons. The van der Waals surface area contributed by atoms with Crippen molar-refractivity contribution in [1.82, 2.24) is 25.1 Å². The second kappa shape index (κ2) is 5.54. The zero-order chi connectivity index (χ0) is 12.1. The second-order valence-electron chi connectivity index (χ2n) is 3.88. The maximum atomic E-state index is 4.32. The summed E-state index contributed by atoms with van der Waals surface area (Å²) < 4.78 is 1.99. The van der Waals surface area contributed by atoms with Gasteiger partial charge in [0.25, 0.3) is 0 Å². The largest absolute Gasteiger partial charge is 0.314 e. The molecule has 0 amide bonds. The average molecular weight is 231 g/mol. The molecule has 0 unspecified atom stereocenters. The molecule has 1 N–H and O–H groups in total. The Balaban J connectivity index is 2.23. The number of hydrogen-bond donors (Lipinski definition) is 1. The SMILES string of the molecule is CCCc1nccn1-c1ccc(CNC)nn1. The Labute approximate surface area is 101 Å². The fraction of sp³-hybridized carbons (Fsp3) is 0.417. The van der Waals surface area contributed by atoms with Crippen molar-refractivity contribution in [3.05, 3.63) is 36.0 Å². The van der Waals surface area contributed by atoms with E-state index in [1.807, 2.05) is 29.9 Å². The van der Waals surface area contributed by atoms with E-state index < -0.39 is 0 Å². The molecule has 2 aromatic rings. The van der Waals surface area contributed by atoms with Gasteiger partial charge in [-0.25, -0.2) is 4.98 Å². The number of aryl methyl sites for hydroxylation is 1. The molecule has 0 aliphatic rings. The first-order valence-corrected chi connectivity index (χ1v) is 5.85. The van der Waals surface area contributed by atoms with Gasteiger partial charge in [0.05, 0.1) is 5.69 Å². The van der Waals surface area contributed by atoms with E-state index in [0.717, 1.165) is 36.7 Å². The Morgan fingerprint density at radius 2 is 2.18 bits per heavy atom. The summed E-state index contributed by atoms with van der Waals surface area (Å²) in [5, 5.41) is 11.4. The Hall–Kier alpha value is -1.75. The maximum absolute atomic E-state index is 4.32. The molecule has 0 atom stereocenters. The molecule has 17 heavy (non-hydrogen) atoms. The highest BCUT2D eigenvalue weighted by molar-refractivity contribution is 5.24. The van der Waals surface area contributed by atoms with Crippen LogP contribution in [0, 0.1) is 0 Å². The van der Waals surface area contributed by atoms with Crippen molar-refractivity contribution in [3.63, 3.8) is 0 Å². The first-order chi connectivity index (χ1) is 8.35. The van der Waals surface area contributed by atoms with Crippen LogP contribution in [0.3, 0.4) is 0 Å². The standard InChI is InChI=1S/C12H17N5/c1-3-4-11-14-7-8-17(11)12-6-5-10(9-13-2)15-16-12/h5-8,13H,3-4,9H2,1-2H3. The number of nitrogens with one attached hydrogen (secondary N) is 1. The summed E-state index contributed by atoms with van der Waals surface area (Å²) in [6.45, 7) is 2.87. The lowest BCUT2D eigenvalue weighted by atomic mass is 10.3. The predicted octanol–water partition coefficient (Wildman–Crippen LogP) is 1.33. The smallest absolute Gasteiger partial charge is 0.160 e. The van der Waals surface area contributed by atoms with Gasteiger partial charge in [-0.2, -0.15) is 5.10 Å². The van der Waals surface area contributed by atoms with Gasteiger partial charge in [0.15, 0.2) is 5.82 Å². The number of rotatable bonds is 5. The molecule has 2 rings (SSSR count). The molecule has 2 heterocycles. The first kappa shape index (κ1) is 11.7. The molecule has 0 aromatic carbocycles. The normalized spacial score (nSPS) is 10.7. The molecular formula is C12H17N5. The molecule has 0 saturated heterocycles. The molecule has 0 saturated carbocycles. The third-order valence-electron chi connectivity index (χ3n) is 2.50. The quantitative estimate of drug-likeness (QED) is 0.843. The van der Waals surface area contributed by atoms with E-state index in [1.54, 1.807) is 6.20 Å². The lowest BCUT2D eigenvalue weighted by Gasteiger charge is -2.06. The van der Waals surface area contributed by atoms with Crippen molar-refractivity contribution >= 4 is 0 Å². The minimum absolute atomic E-state index is 0.735. The fourth-order valence-corrected chi connectivity index (χ4v) is 1.71. The highest BCUT2D eigenvalue weighted by Gasteiger charge is 2.05. The zero-order valence-electron chi connectivity index (χ0n) is 10.2. The Morgan fingerprint density at radius 3 is 2.82 bits per heavy atom. The molecule has 2 aromatic heterocycles. The predicted molar refractivity (Wildman–Crippen MR) is 65.9 cm³/mol. The second-order valence-corrected chi connectivity index (χ2v) is 3.88. The molecule has 0 aliphatic carbocycles. The lowest BCUT2D eigenvalue weighted by molar-refractivity contribution is 0.745. The Kier molecular flexibility index (Phi) is 3.82. The van der Waals surface area contributed by atoms with Gasteiger partial charge in [0.1, 0.15) is 5.82 Å². The molecule has 0 spiro atoms. The summed E-state index contributed by atoms with van der Waals surface area (Å²) in [5.74, 6) is 1.86. The van der Waals surface area contributed by atoms with E-state index in [0.29, 0.717) is 0 Å². The lowest BCUT2D eigenvalue weighted by Crippen LogP contribution is -2.09. The van der Waals surface area contributed by atoms with E-state index in [1.165, 1.54) is 0 Å². The van der Waals surface area contributed by atoms with Crippen LogP contribution in [0.15, 0.2) is 24.5 Å². The van der Waals surface area contributed by atoms with E-state index in [9.17, 15) is 0 Å². The van der Waals surface area contributed by atoms with E-state index >= 15 is 0 Å². The van der Waals surface area contributed by atoms with Crippen molar-refractivity contribution in [2.24, 2.45) is 0 Å². The summed E-state index contributed by atoms with van der Waals surface area (Å²) in [7, 11) is 1.89. The van der Waals surface area contributed by atoms with Gasteiger partial charge in [-0.15, -0.1) is 5.10 Å². The zero-order valence-corrected chi connectivity index (χ0v) is 10.2. The number of imidazole rings is 1. The van der Waals surface area contributed by atoms with Crippen LogP contribution in [0.2, 0.25) is 0 Å². The number of nitrogens with zero attached hydrogens (tertiary/aromatic N) is 4. The highest BCUT2D eigenvalue weighted by Crippen LogP contribution is 2.09. The molecule has 0 fully saturated rings. The van der Waals surface area contributed by atoms with Gasteiger partial charge in [-0.05, 0) is 25.6 Å². The van der Waals surface area contributed by atoms with Crippen LogP contribution < -0.4 is 5.32 Å². The topological polar surface area (TPSA) is 55.6 Å². The van der Waals surface area contributed by atoms with Gasteiger partial charge in [-0.1, -0.05) is 6.92 Å². The van der Waals surface area contributed by atoms with Gasteiger partial charge >= 0.3 is 0 Å². The van der Waals surface area contributed by atoms with Crippen LogP contribution in [-0.2, 0) is 13.0 Å². The number of hydrogen-bond acceptors (Lipinski definition) is 4. The molecule has 5 nitrogen and oxygen atoms in total. The minimum Gasteiger partial charge on any atom is -0.314 e. The molecule has 5 heteroatoms. The van der Waals surface area contributed by atoms with Crippen molar-refractivity contribution in [3.8, 4) is 5.82 Å². The highest BCUT2D eigenvalue weighted by atomic mass is 15.2. The molecule has 0 radical (unpaired) electrons. The van der Waals surface area contributed by atoms with E-state index in [4.69, 9.17) is 0 Å². The van der Waals surface area contributed by atoms with Crippen LogP contribution in [-0.4, -0.2) is 26.8 Å². The molecular weight excluding hydrogens is 214 g/mol. The molecule has 0 bridgehead atoms. The van der Waals surface area contributed by atoms with Gasteiger partial charge in [0.2, 0.25) is 0 Å². The third-order valence-corrected chi connectivity index (χ3v) is 2.50. The number of aromatic nitrogens is 4. The minimum atomic E-state index is 0.735. The Bertz CT molecular complexity index is 460. The van der Waals surface area contributed by atoms with Crippen LogP contribution in [0.1, 0.15) is 24.9 Å². The van der Waals surface area contributed by atoms with Crippen molar-refractivity contribution in [2.45, 2.75) is 26.3 Å². The summed E-state index contributed by atoms with van der Waals surface area (Å²) in [5.41, 5.74) is 0.938. The summed E-state index contributed by atoms with van der Waals surface area (Å²) >= 11 is 0. The van der Waals surface area contributed by atoms with E-state index in [-0.39, 0.29) is 0 Å². The summed E-state index contributed by atoms with van der Waals surface area (Å²) in [6, 6.07) is 3.95. The van der Waals surface area contributed by atoms with Crippen molar-refractivity contribution in [2.75, 3.05) is 7.05 Å². The van der Waals surface area contributed by atoms with Gasteiger partial charge < -0.3 is 5.32 Å². The Morgan fingerprint density at radius 1 is 1.29 bits per heavy atom.